The summed E-state index contributed by atoms with van der Waals surface area (Å²) in [6.07, 6.45) is 3.52. The number of carbonyl (C=O) groups is 6. The van der Waals surface area contributed by atoms with Crippen molar-refractivity contribution in [3.63, 3.8) is 0 Å². The van der Waals surface area contributed by atoms with E-state index in [4.69, 9.17) is 14.6 Å². The Labute approximate surface area is 324 Å². The van der Waals surface area contributed by atoms with E-state index < -0.39 is 51.8 Å². The number of amides is 3. The fourth-order valence-electron chi connectivity index (χ4n) is 5.67. The average Bonchev–Trinajstić information content (AvgIpc) is 3.01. The van der Waals surface area contributed by atoms with E-state index in [-0.39, 0.29) is 61.6 Å². The normalized spacial score (nSPS) is 14.5. The Morgan fingerprint density at radius 1 is 0.630 bits per heavy atom. The first-order valence-corrected chi connectivity index (χ1v) is 19.4. The van der Waals surface area contributed by atoms with Gasteiger partial charge in [-0.15, -0.1) is 0 Å². The highest BCUT2D eigenvalue weighted by atomic mass is 16.5. The minimum absolute atomic E-state index is 0.0303. The zero-order chi connectivity index (χ0) is 42.1. The Morgan fingerprint density at radius 3 is 1.70 bits per heavy atom. The second-order valence-electron chi connectivity index (χ2n) is 18.5. The number of aliphatic carboxylic acids is 2. The fourth-order valence-corrected chi connectivity index (χ4v) is 5.67. The van der Waals surface area contributed by atoms with Gasteiger partial charge in [0, 0.05) is 42.3 Å². The molecule has 1 unspecified atom stereocenters. The lowest BCUT2D eigenvalue weighted by Crippen LogP contribution is -2.50. The summed E-state index contributed by atoms with van der Waals surface area (Å²) in [7, 11) is 0. The summed E-state index contributed by atoms with van der Waals surface area (Å²) >= 11 is 0. The monoisotopic (exact) mass is 771 g/mol. The van der Waals surface area contributed by atoms with E-state index in [2.05, 4.69) is 42.0 Å². The molecule has 0 saturated heterocycles. The molecular formula is C40H74N4O10. The number of carboxylic acids is 2. The van der Waals surface area contributed by atoms with Crippen molar-refractivity contribution in [3.05, 3.63) is 0 Å². The first kappa shape index (κ1) is 50.9. The molecule has 14 heteroatoms. The Hall–Kier alpha value is -3.10. The van der Waals surface area contributed by atoms with E-state index in [0.29, 0.717) is 32.4 Å². The van der Waals surface area contributed by atoms with Crippen molar-refractivity contribution < 1.29 is 48.5 Å². The topological polar surface area (TPSA) is 209 Å². The second kappa shape index (κ2) is 22.5. The minimum Gasteiger partial charge on any atom is -0.481 e. The highest BCUT2D eigenvalue weighted by molar-refractivity contribution is 5.89. The standard InChI is InChI=1S/C40H74N4O10/c1-27(33(48)49)26-38(8,9)35(52)43-29(34(50)51)17-18-30(45)42-23-25-54-40(12,13)21-24-53-39(10,11)20-19-31(46)41-22-15-14-16-28(44-37(5,6)7)32(47)36(2,3)4/h27-29,44H,14-26H2,1-13H3,(H,41,46)(H,42,45)(H,43,52)(H,48,49)(H,50,51)/t27?,28-,29-/m0/s1. The van der Waals surface area contributed by atoms with Crippen LogP contribution in [0.5, 0.6) is 0 Å². The van der Waals surface area contributed by atoms with Crippen LogP contribution < -0.4 is 21.3 Å². The molecule has 0 aliphatic rings. The minimum atomic E-state index is -1.30. The summed E-state index contributed by atoms with van der Waals surface area (Å²) in [6.45, 7) is 25.7. The predicted molar refractivity (Wildman–Crippen MR) is 209 cm³/mol. The van der Waals surface area contributed by atoms with Crippen LogP contribution in [0.1, 0.15) is 148 Å². The van der Waals surface area contributed by atoms with E-state index in [1.807, 2.05) is 48.5 Å². The molecule has 54 heavy (non-hydrogen) atoms. The van der Waals surface area contributed by atoms with Gasteiger partial charge in [-0.3, -0.25) is 24.0 Å². The van der Waals surface area contributed by atoms with Gasteiger partial charge >= 0.3 is 11.9 Å². The molecule has 0 radical (unpaired) electrons. The summed E-state index contributed by atoms with van der Waals surface area (Å²) in [4.78, 5) is 73.5. The van der Waals surface area contributed by atoms with Gasteiger partial charge in [-0.05, 0) is 93.4 Å². The Bertz CT molecular complexity index is 1230. The zero-order valence-electron chi connectivity index (χ0n) is 35.6. The van der Waals surface area contributed by atoms with Crippen LogP contribution in [0.4, 0.5) is 0 Å². The van der Waals surface area contributed by atoms with Gasteiger partial charge in [-0.2, -0.15) is 0 Å². The third-order valence-corrected chi connectivity index (χ3v) is 9.09. The largest absolute Gasteiger partial charge is 0.481 e. The van der Waals surface area contributed by atoms with Gasteiger partial charge < -0.3 is 41.0 Å². The molecule has 3 amide bonds. The number of hydrogen-bond donors (Lipinski definition) is 6. The molecule has 0 saturated carbocycles. The maximum atomic E-state index is 12.9. The van der Waals surface area contributed by atoms with Gasteiger partial charge in [0.05, 0.1) is 36.4 Å². The van der Waals surface area contributed by atoms with Crippen LogP contribution in [0, 0.1) is 16.7 Å². The van der Waals surface area contributed by atoms with Crippen LogP contribution in [0.2, 0.25) is 0 Å². The predicted octanol–water partition coefficient (Wildman–Crippen LogP) is 5.01. The van der Waals surface area contributed by atoms with Crippen molar-refractivity contribution in [1.29, 1.82) is 0 Å². The lowest BCUT2D eigenvalue weighted by Gasteiger charge is -2.32. The number of ketones is 1. The molecule has 6 N–H and O–H groups in total. The second-order valence-corrected chi connectivity index (χ2v) is 18.5. The smallest absolute Gasteiger partial charge is 0.326 e. The van der Waals surface area contributed by atoms with Crippen molar-refractivity contribution in [2.75, 3.05) is 26.3 Å². The van der Waals surface area contributed by atoms with Crippen molar-refractivity contribution in [1.82, 2.24) is 21.3 Å². The summed E-state index contributed by atoms with van der Waals surface area (Å²) in [6, 6.07) is -1.52. The van der Waals surface area contributed by atoms with Crippen LogP contribution >= 0.6 is 0 Å². The number of carbonyl (C=O) groups excluding carboxylic acids is 4. The first-order valence-electron chi connectivity index (χ1n) is 19.4. The van der Waals surface area contributed by atoms with Crippen LogP contribution in [0.15, 0.2) is 0 Å². The van der Waals surface area contributed by atoms with Crippen molar-refractivity contribution in [2.45, 2.75) is 177 Å². The molecule has 0 aromatic rings. The number of ether oxygens (including phenoxy) is 2. The van der Waals surface area contributed by atoms with Gasteiger partial charge in [0.1, 0.15) is 6.04 Å². The molecule has 0 aliphatic heterocycles. The molecule has 314 valence electrons. The van der Waals surface area contributed by atoms with Gasteiger partial charge in [0.15, 0.2) is 5.78 Å². The van der Waals surface area contributed by atoms with Gasteiger partial charge in [0.2, 0.25) is 17.7 Å². The lowest BCUT2D eigenvalue weighted by molar-refractivity contribution is -0.146. The number of Topliss-reactive ketones (excluding diaryl/α,β-unsaturated/α-hetero) is 1. The number of unbranched alkanes of at least 4 members (excludes halogenated alkanes) is 1. The molecule has 0 fully saturated rings. The summed E-state index contributed by atoms with van der Waals surface area (Å²) in [5.74, 6) is -3.94. The Balaban J connectivity index is 4.47. The molecule has 0 aromatic carbocycles. The summed E-state index contributed by atoms with van der Waals surface area (Å²) in [5.41, 5.74) is -2.79. The molecule has 0 bridgehead atoms. The van der Waals surface area contributed by atoms with Gasteiger partial charge in [-0.25, -0.2) is 4.79 Å². The SMILES string of the molecule is CC(CC(C)(C)C(=O)N[C@@H](CCC(=O)NCCOC(C)(C)CCOC(C)(C)CCC(=O)NCCCC[C@H](NC(C)(C)C)C(=O)C(C)(C)C)C(=O)O)C(=O)O. The zero-order valence-corrected chi connectivity index (χ0v) is 35.6. The molecule has 3 atom stereocenters. The molecule has 0 spiro atoms. The Morgan fingerprint density at radius 2 is 1.17 bits per heavy atom. The highest BCUT2D eigenvalue weighted by Gasteiger charge is 2.35. The molecule has 14 nitrogen and oxygen atoms in total. The summed E-state index contributed by atoms with van der Waals surface area (Å²) in [5, 5.41) is 30.3. The third-order valence-electron chi connectivity index (χ3n) is 9.09. The van der Waals surface area contributed by atoms with Gasteiger partial charge in [0.25, 0.3) is 0 Å². The average molecular weight is 771 g/mol. The molecular weight excluding hydrogens is 696 g/mol. The number of rotatable bonds is 27. The number of hydrogen-bond acceptors (Lipinski definition) is 9. The number of carboxylic acid groups (broad SMARTS) is 2. The van der Waals surface area contributed by atoms with E-state index in [1.165, 1.54) is 6.92 Å². The van der Waals surface area contributed by atoms with Crippen molar-refractivity contribution in [3.8, 4) is 0 Å². The fraction of sp³-hybridized carbons (Fsp3) is 0.850. The molecule has 0 aliphatic carbocycles. The van der Waals surface area contributed by atoms with Crippen molar-refractivity contribution >= 4 is 35.4 Å². The maximum absolute atomic E-state index is 12.9. The quantitative estimate of drug-likeness (QED) is 0.0612. The van der Waals surface area contributed by atoms with E-state index >= 15 is 0 Å². The highest BCUT2D eigenvalue weighted by Crippen LogP contribution is 2.27. The van der Waals surface area contributed by atoms with Crippen LogP contribution in [-0.4, -0.2) is 101 Å². The summed E-state index contributed by atoms with van der Waals surface area (Å²) < 4.78 is 12.1. The Kier molecular flexibility index (Phi) is 21.2. The third kappa shape index (κ3) is 23.0. The van der Waals surface area contributed by atoms with Crippen molar-refractivity contribution in [2.24, 2.45) is 16.7 Å². The van der Waals surface area contributed by atoms with Crippen LogP contribution in [-0.2, 0) is 38.2 Å². The van der Waals surface area contributed by atoms with Gasteiger partial charge in [-0.1, -0.05) is 41.5 Å². The first-order chi connectivity index (χ1) is 24.5. The van der Waals surface area contributed by atoms with Crippen LogP contribution in [0.25, 0.3) is 0 Å². The molecule has 0 rings (SSSR count). The van der Waals surface area contributed by atoms with Crippen LogP contribution in [0.3, 0.4) is 0 Å². The number of nitrogens with one attached hydrogen (secondary N) is 4. The molecule has 0 heterocycles. The maximum Gasteiger partial charge on any atom is 0.326 e. The lowest BCUT2D eigenvalue weighted by atomic mass is 9.82. The van der Waals surface area contributed by atoms with E-state index in [0.717, 1.165) is 19.3 Å². The van der Waals surface area contributed by atoms with E-state index in [1.54, 1.807) is 13.8 Å². The van der Waals surface area contributed by atoms with E-state index in [9.17, 15) is 33.9 Å². The molecule has 0 aromatic heterocycles.